The Bertz CT molecular complexity index is 1030. The van der Waals surface area contributed by atoms with Crippen LogP contribution in [0.2, 0.25) is 0 Å². The average Bonchev–Trinajstić information content (AvgIpc) is 2.80. The van der Waals surface area contributed by atoms with Crippen molar-refractivity contribution >= 4 is 33.6 Å². The van der Waals surface area contributed by atoms with E-state index in [0.717, 1.165) is 17.7 Å². The maximum absolute atomic E-state index is 13.3. The number of benzene rings is 1. The van der Waals surface area contributed by atoms with Gasteiger partial charge in [0.05, 0.1) is 28.4 Å². The molecule has 1 aliphatic rings. The fraction of sp³-hybridized carbons (Fsp3) is 0.133. The minimum atomic E-state index is -4.77. The van der Waals surface area contributed by atoms with Crippen molar-refractivity contribution in [3.63, 3.8) is 0 Å². The summed E-state index contributed by atoms with van der Waals surface area (Å²) in [5, 5.41) is 1.97. The second kappa shape index (κ2) is 5.87. The predicted octanol–water partition coefficient (Wildman–Crippen LogP) is 2.09. The quantitative estimate of drug-likeness (QED) is 0.708. The summed E-state index contributed by atoms with van der Waals surface area (Å²) < 4.78 is 45.4. The van der Waals surface area contributed by atoms with Gasteiger partial charge in [-0.3, -0.25) is 24.3 Å². The highest BCUT2D eigenvalue weighted by molar-refractivity contribution is 9.10. The monoisotopic (exact) mass is 431 g/mol. The number of amides is 2. The molecule has 0 radical (unpaired) electrons. The molecule has 1 aliphatic heterocycles. The van der Waals surface area contributed by atoms with Crippen LogP contribution in [-0.4, -0.2) is 23.5 Å². The minimum absolute atomic E-state index is 0.0721. The lowest BCUT2D eigenvalue weighted by Gasteiger charge is -2.18. The fourth-order valence-electron chi connectivity index (χ4n) is 2.67. The highest BCUT2D eigenvalue weighted by Gasteiger charge is 2.37. The SMILES string of the molecule is COc1c(Br)cc(-n2c(N)c3c(cc2=O)C(=O)NC3=O)cc1C(F)(F)F. The third-order valence-corrected chi connectivity index (χ3v) is 4.34. The van der Waals surface area contributed by atoms with Crippen LogP contribution < -0.4 is 21.3 Å². The summed E-state index contributed by atoms with van der Waals surface area (Å²) in [5.41, 5.74) is 3.07. The first-order valence-corrected chi connectivity index (χ1v) is 7.72. The Morgan fingerprint density at radius 2 is 1.81 bits per heavy atom. The van der Waals surface area contributed by atoms with Gasteiger partial charge in [0.1, 0.15) is 17.1 Å². The van der Waals surface area contributed by atoms with E-state index in [4.69, 9.17) is 10.5 Å². The summed E-state index contributed by atoms with van der Waals surface area (Å²) in [5.74, 6) is -2.55. The van der Waals surface area contributed by atoms with E-state index in [9.17, 15) is 27.6 Å². The predicted molar refractivity (Wildman–Crippen MR) is 87.5 cm³/mol. The van der Waals surface area contributed by atoms with Crippen LogP contribution in [0.1, 0.15) is 26.3 Å². The lowest BCUT2D eigenvalue weighted by Crippen LogP contribution is -2.24. The Kier molecular flexibility index (Phi) is 4.06. The van der Waals surface area contributed by atoms with Crippen LogP contribution in [0.5, 0.6) is 5.75 Å². The highest BCUT2D eigenvalue weighted by atomic mass is 79.9. The number of nitrogens with one attached hydrogen (secondary N) is 1. The molecule has 2 heterocycles. The Labute approximate surface area is 151 Å². The molecule has 0 bridgehead atoms. The van der Waals surface area contributed by atoms with Crippen LogP contribution in [0.4, 0.5) is 19.0 Å². The first-order chi connectivity index (χ1) is 12.1. The zero-order chi connectivity index (χ0) is 19.4. The standard InChI is InChI=1S/C15H9BrF3N3O4/c1-26-11-7(15(17,18)19)2-5(3-8(11)16)22-9(23)4-6-10(12(22)20)14(25)21-13(6)24/h2-4H,20H2,1H3,(H,21,24,25). The van der Waals surface area contributed by atoms with Gasteiger partial charge >= 0.3 is 6.18 Å². The molecule has 26 heavy (non-hydrogen) atoms. The number of carbonyl (C=O) groups is 2. The molecule has 0 aliphatic carbocycles. The molecular formula is C15H9BrF3N3O4. The number of alkyl halides is 3. The smallest absolute Gasteiger partial charge is 0.420 e. The van der Waals surface area contributed by atoms with Crippen LogP contribution in [-0.2, 0) is 6.18 Å². The number of hydrogen-bond donors (Lipinski definition) is 2. The maximum atomic E-state index is 13.3. The normalized spacial score (nSPS) is 13.6. The van der Waals surface area contributed by atoms with Crippen molar-refractivity contribution in [1.29, 1.82) is 0 Å². The van der Waals surface area contributed by atoms with E-state index in [1.165, 1.54) is 6.07 Å². The lowest BCUT2D eigenvalue weighted by molar-refractivity contribution is -0.138. The molecule has 0 spiro atoms. The number of carbonyl (C=O) groups excluding carboxylic acids is 2. The Balaban J connectivity index is 2.34. The average molecular weight is 432 g/mol. The molecule has 11 heteroatoms. The van der Waals surface area contributed by atoms with Crippen molar-refractivity contribution in [2.75, 3.05) is 12.8 Å². The van der Waals surface area contributed by atoms with E-state index in [-0.39, 0.29) is 21.3 Å². The highest BCUT2D eigenvalue weighted by Crippen LogP contribution is 2.42. The number of nitrogens with zero attached hydrogens (tertiary/aromatic N) is 1. The second-order valence-corrected chi connectivity index (χ2v) is 6.14. The van der Waals surface area contributed by atoms with Crippen molar-refractivity contribution in [2.24, 2.45) is 0 Å². The van der Waals surface area contributed by atoms with Gasteiger partial charge in [-0.25, -0.2) is 0 Å². The summed E-state index contributed by atoms with van der Waals surface area (Å²) in [7, 11) is 1.07. The van der Waals surface area contributed by atoms with Gasteiger partial charge in [0.2, 0.25) is 0 Å². The number of aromatic nitrogens is 1. The summed E-state index contributed by atoms with van der Waals surface area (Å²) in [6, 6.07) is 2.70. The Morgan fingerprint density at radius 1 is 1.15 bits per heavy atom. The maximum Gasteiger partial charge on any atom is 0.420 e. The molecular weight excluding hydrogens is 423 g/mol. The van der Waals surface area contributed by atoms with Crippen LogP contribution in [0.3, 0.4) is 0 Å². The van der Waals surface area contributed by atoms with Crippen LogP contribution in [0, 0.1) is 0 Å². The molecule has 3 rings (SSSR count). The van der Waals surface area contributed by atoms with E-state index in [1.54, 1.807) is 0 Å². The molecule has 7 nitrogen and oxygen atoms in total. The van der Waals surface area contributed by atoms with Crippen molar-refractivity contribution in [3.05, 3.63) is 49.7 Å². The van der Waals surface area contributed by atoms with Gasteiger partial charge in [-0.1, -0.05) is 0 Å². The largest absolute Gasteiger partial charge is 0.495 e. The van der Waals surface area contributed by atoms with Crippen molar-refractivity contribution < 1.29 is 27.5 Å². The number of nitrogens with two attached hydrogens (primary N) is 1. The van der Waals surface area contributed by atoms with Gasteiger partial charge in [-0.2, -0.15) is 13.2 Å². The van der Waals surface area contributed by atoms with Crippen LogP contribution in [0.15, 0.2) is 27.5 Å². The topological polar surface area (TPSA) is 103 Å². The third kappa shape index (κ3) is 2.64. The van der Waals surface area contributed by atoms with Crippen LogP contribution >= 0.6 is 15.9 Å². The summed E-state index contributed by atoms with van der Waals surface area (Å²) in [4.78, 5) is 35.8. The zero-order valence-electron chi connectivity index (χ0n) is 12.9. The van der Waals surface area contributed by atoms with Gasteiger partial charge in [0.15, 0.2) is 0 Å². The van der Waals surface area contributed by atoms with Gasteiger partial charge < -0.3 is 10.5 Å². The molecule has 0 unspecified atom stereocenters. The number of fused-ring (bicyclic) bond motifs is 1. The van der Waals surface area contributed by atoms with E-state index in [0.29, 0.717) is 6.07 Å². The summed E-state index contributed by atoms with van der Waals surface area (Å²) in [6.45, 7) is 0. The second-order valence-electron chi connectivity index (χ2n) is 5.28. The molecule has 0 fully saturated rings. The summed E-state index contributed by atoms with van der Waals surface area (Å²) >= 11 is 2.97. The number of nitrogen functional groups attached to an aromatic ring is 1. The Hall–Kier alpha value is -2.82. The molecule has 0 saturated carbocycles. The van der Waals surface area contributed by atoms with Gasteiger partial charge in [0.25, 0.3) is 17.4 Å². The van der Waals surface area contributed by atoms with Crippen molar-refractivity contribution in [3.8, 4) is 11.4 Å². The third-order valence-electron chi connectivity index (χ3n) is 3.75. The number of anilines is 1. The fourth-order valence-corrected chi connectivity index (χ4v) is 3.28. The van der Waals surface area contributed by atoms with Gasteiger partial charge in [0, 0.05) is 6.07 Å². The van der Waals surface area contributed by atoms with Gasteiger partial charge in [-0.15, -0.1) is 0 Å². The number of hydrogen-bond acceptors (Lipinski definition) is 5. The lowest BCUT2D eigenvalue weighted by atomic mass is 10.1. The van der Waals surface area contributed by atoms with Gasteiger partial charge in [-0.05, 0) is 28.1 Å². The van der Waals surface area contributed by atoms with Crippen molar-refractivity contribution in [1.82, 2.24) is 9.88 Å². The molecule has 2 aromatic rings. The van der Waals surface area contributed by atoms with E-state index in [1.807, 2.05) is 5.32 Å². The number of ether oxygens (including phenoxy) is 1. The van der Waals surface area contributed by atoms with E-state index in [2.05, 4.69) is 15.9 Å². The number of imide groups is 1. The molecule has 2 amide bonds. The molecule has 0 atom stereocenters. The van der Waals surface area contributed by atoms with Crippen molar-refractivity contribution in [2.45, 2.75) is 6.18 Å². The molecule has 1 aromatic heterocycles. The number of rotatable bonds is 2. The first-order valence-electron chi connectivity index (χ1n) is 6.92. The minimum Gasteiger partial charge on any atom is -0.495 e. The Morgan fingerprint density at radius 3 is 2.38 bits per heavy atom. The van der Waals surface area contributed by atoms with E-state index >= 15 is 0 Å². The number of pyridine rings is 1. The molecule has 0 saturated heterocycles. The molecule has 3 N–H and O–H groups in total. The number of halogens is 4. The van der Waals surface area contributed by atoms with E-state index < -0.39 is 40.7 Å². The first kappa shape index (κ1) is 18.0. The summed E-state index contributed by atoms with van der Waals surface area (Å²) in [6.07, 6.45) is -4.77. The molecule has 1 aromatic carbocycles. The molecule has 136 valence electrons. The number of methoxy groups -OCH3 is 1. The zero-order valence-corrected chi connectivity index (χ0v) is 14.5. The van der Waals surface area contributed by atoms with Crippen LogP contribution in [0.25, 0.3) is 5.69 Å².